The lowest BCUT2D eigenvalue weighted by atomic mass is 10.1. The summed E-state index contributed by atoms with van der Waals surface area (Å²) < 4.78 is 0. The molecule has 0 fully saturated rings. The average Bonchev–Trinajstić information content (AvgIpc) is 2.76. The second-order valence-corrected chi connectivity index (χ2v) is 6.43. The molecule has 0 saturated carbocycles. The number of nitrogens with one attached hydrogen (secondary N) is 1. The number of nitrogens with zero attached hydrogens (tertiary/aromatic N) is 2. The highest BCUT2D eigenvalue weighted by Crippen LogP contribution is 2.21. The highest BCUT2D eigenvalue weighted by atomic mass is 16.1. The molecule has 2 aromatic carbocycles. The summed E-state index contributed by atoms with van der Waals surface area (Å²) in [4.78, 5) is 21.6. The summed E-state index contributed by atoms with van der Waals surface area (Å²) in [5.74, 6) is 0. The molecule has 1 heterocycles. The first-order valence-electron chi connectivity index (χ1n) is 8.51. The Balaban J connectivity index is 2.30. The minimum atomic E-state index is -0.0495. The molecular formula is C21H22N4O. The molecule has 3 N–H and O–H groups in total. The van der Waals surface area contributed by atoms with Gasteiger partial charge in [0.15, 0.2) is 5.43 Å². The van der Waals surface area contributed by atoms with Crippen LogP contribution in [0.3, 0.4) is 0 Å². The lowest BCUT2D eigenvalue weighted by Gasteiger charge is -2.09. The first-order chi connectivity index (χ1) is 12.5. The zero-order valence-electron chi connectivity index (χ0n) is 15.2. The summed E-state index contributed by atoms with van der Waals surface area (Å²) in [6.45, 7) is 4.13. The van der Waals surface area contributed by atoms with Gasteiger partial charge in [0.1, 0.15) is 0 Å². The summed E-state index contributed by atoms with van der Waals surface area (Å²) in [7, 11) is 1.67. The third kappa shape index (κ3) is 3.42. The van der Waals surface area contributed by atoms with E-state index in [1.54, 1.807) is 19.5 Å². The molecule has 0 bridgehead atoms. The van der Waals surface area contributed by atoms with Crippen molar-refractivity contribution >= 4 is 39.2 Å². The molecule has 0 radical (unpaired) electrons. The van der Waals surface area contributed by atoms with Crippen LogP contribution in [0, 0.1) is 0 Å². The van der Waals surface area contributed by atoms with Gasteiger partial charge in [-0.05, 0) is 43.5 Å². The molecule has 0 spiro atoms. The van der Waals surface area contributed by atoms with Gasteiger partial charge in [-0.25, -0.2) is 0 Å². The van der Waals surface area contributed by atoms with E-state index in [-0.39, 0.29) is 11.5 Å². The van der Waals surface area contributed by atoms with E-state index in [0.29, 0.717) is 16.3 Å². The molecule has 3 aromatic rings. The fraction of sp³-hybridized carbons (Fsp3) is 0.190. The van der Waals surface area contributed by atoms with Crippen molar-refractivity contribution < 1.29 is 0 Å². The second kappa shape index (κ2) is 7.35. The molecule has 0 aliphatic carbocycles. The van der Waals surface area contributed by atoms with Crippen LogP contribution < -0.4 is 16.5 Å². The molecule has 0 unspecified atom stereocenters. The predicted molar refractivity (Wildman–Crippen MR) is 111 cm³/mol. The lowest BCUT2D eigenvalue weighted by molar-refractivity contribution is 0.900. The van der Waals surface area contributed by atoms with E-state index < -0.39 is 0 Å². The number of aromatic nitrogens is 1. The molecule has 0 atom stereocenters. The normalized spacial score (nSPS) is 12.4. The van der Waals surface area contributed by atoms with Crippen molar-refractivity contribution in [3.05, 3.63) is 64.6 Å². The largest absolute Gasteiger partial charge is 0.404 e. The van der Waals surface area contributed by atoms with Crippen LogP contribution in [0.5, 0.6) is 0 Å². The Morgan fingerprint density at radius 3 is 2.65 bits per heavy atom. The maximum Gasteiger partial charge on any atom is 0.195 e. The van der Waals surface area contributed by atoms with Gasteiger partial charge in [0, 0.05) is 59.3 Å². The van der Waals surface area contributed by atoms with Crippen LogP contribution in [0.15, 0.2) is 58.6 Å². The molecule has 5 heteroatoms. The van der Waals surface area contributed by atoms with E-state index in [2.05, 4.69) is 29.1 Å². The molecular weight excluding hydrogens is 324 g/mol. The number of allylic oxidation sites excluding steroid dienone is 1. The number of anilines is 1. The van der Waals surface area contributed by atoms with Crippen molar-refractivity contribution in [2.75, 3.05) is 12.4 Å². The molecule has 26 heavy (non-hydrogen) atoms. The monoisotopic (exact) mass is 346 g/mol. The van der Waals surface area contributed by atoms with Gasteiger partial charge in [0.25, 0.3) is 0 Å². The Kier molecular flexibility index (Phi) is 4.98. The van der Waals surface area contributed by atoms with E-state index in [1.807, 2.05) is 36.4 Å². The average molecular weight is 346 g/mol. The Morgan fingerprint density at radius 2 is 1.96 bits per heavy atom. The van der Waals surface area contributed by atoms with Crippen LogP contribution in [0.25, 0.3) is 27.2 Å². The van der Waals surface area contributed by atoms with Crippen molar-refractivity contribution in [2.45, 2.75) is 19.9 Å². The molecule has 132 valence electrons. The number of pyridine rings is 1. The third-order valence-electron chi connectivity index (χ3n) is 4.12. The fourth-order valence-electron chi connectivity index (χ4n) is 2.94. The van der Waals surface area contributed by atoms with Gasteiger partial charge in [0.05, 0.1) is 5.52 Å². The smallest absolute Gasteiger partial charge is 0.195 e. The van der Waals surface area contributed by atoms with Crippen LogP contribution in [0.4, 0.5) is 5.69 Å². The Bertz CT molecular complexity index is 1080. The zero-order chi connectivity index (χ0) is 18.7. The molecule has 1 aromatic heterocycles. The van der Waals surface area contributed by atoms with Crippen LogP contribution in [-0.4, -0.2) is 24.3 Å². The van der Waals surface area contributed by atoms with E-state index >= 15 is 0 Å². The van der Waals surface area contributed by atoms with Gasteiger partial charge >= 0.3 is 0 Å². The van der Waals surface area contributed by atoms with E-state index in [1.165, 1.54) is 6.20 Å². The number of aliphatic imine (C=N–C) groups is 1. The minimum Gasteiger partial charge on any atom is -0.404 e. The Hall–Kier alpha value is -3.21. The Morgan fingerprint density at radius 1 is 1.19 bits per heavy atom. The quantitative estimate of drug-likeness (QED) is 0.708. The van der Waals surface area contributed by atoms with E-state index in [0.717, 1.165) is 22.2 Å². The number of hydrogen-bond acceptors (Lipinski definition) is 5. The van der Waals surface area contributed by atoms with Crippen molar-refractivity contribution in [3.8, 4) is 0 Å². The number of fused-ring (bicyclic) bond motifs is 2. The number of nitrogens with two attached hydrogens (primary N) is 1. The Labute approximate surface area is 152 Å². The summed E-state index contributed by atoms with van der Waals surface area (Å²) in [6, 6.07) is 11.8. The van der Waals surface area contributed by atoms with Gasteiger partial charge in [-0.2, -0.15) is 0 Å². The van der Waals surface area contributed by atoms with E-state index in [4.69, 9.17) is 5.73 Å². The summed E-state index contributed by atoms with van der Waals surface area (Å²) in [5.41, 5.74) is 8.70. The summed E-state index contributed by atoms with van der Waals surface area (Å²) in [6.07, 6.45) is 4.82. The summed E-state index contributed by atoms with van der Waals surface area (Å²) >= 11 is 0. The zero-order valence-corrected chi connectivity index (χ0v) is 15.2. The highest BCUT2D eigenvalue weighted by molar-refractivity contribution is 6.10. The second-order valence-electron chi connectivity index (χ2n) is 6.43. The SMILES string of the molecule is CN=CC(=CN)c1cnc2ccc3ccc(NC(C)C)cc3c(=O)c2c1. The van der Waals surface area contributed by atoms with Crippen molar-refractivity contribution in [1.29, 1.82) is 0 Å². The van der Waals surface area contributed by atoms with Crippen LogP contribution in [0.2, 0.25) is 0 Å². The maximum atomic E-state index is 13.2. The highest BCUT2D eigenvalue weighted by Gasteiger charge is 2.08. The topological polar surface area (TPSA) is 80.4 Å². The first kappa shape index (κ1) is 17.6. The summed E-state index contributed by atoms with van der Waals surface area (Å²) in [5, 5.41) is 5.44. The molecule has 0 aliphatic rings. The molecule has 5 nitrogen and oxygen atoms in total. The first-order valence-corrected chi connectivity index (χ1v) is 8.51. The molecule has 0 aliphatic heterocycles. The maximum absolute atomic E-state index is 13.2. The number of rotatable bonds is 4. The third-order valence-corrected chi connectivity index (χ3v) is 4.12. The number of benzene rings is 1. The van der Waals surface area contributed by atoms with Crippen molar-refractivity contribution in [2.24, 2.45) is 10.7 Å². The predicted octanol–water partition coefficient (Wildman–Crippen LogP) is 3.57. The van der Waals surface area contributed by atoms with Gasteiger partial charge in [-0.1, -0.05) is 12.1 Å². The van der Waals surface area contributed by atoms with Crippen LogP contribution >= 0.6 is 0 Å². The van der Waals surface area contributed by atoms with Gasteiger partial charge in [-0.15, -0.1) is 0 Å². The standard InChI is InChI=1S/C21H22N4O/c1-13(2)25-17-6-4-14-5-7-20-19(21(26)18(14)9-17)8-15(12-24-20)16(10-22)11-23-3/h4-13,25H,22H2,1-3H3. The molecule has 3 rings (SSSR count). The lowest BCUT2D eigenvalue weighted by Crippen LogP contribution is -2.10. The van der Waals surface area contributed by atoms with Crippen LogP contribution in [0.1, 0.15) is 19.4 Å². The fourth-order valence-corrected chi connectivity index (χ4v) is 2.94. The van der Waals surface area contributed by atoms with Gasteiger partial charge < -0.3 is 11.1 Å². The minimum absolute atomic E-state index is 0.0495. The van der Waals surface area contributed by atoms with Gasteiger partial charge in [-0.3, -0.25) is 14.8 Å². The molecule has 0 saturated heterocycles. The van der Waals surface area contributed by atoms with Crippen molar-refractivity contribution in [3.63, 3.8) is 0 Å². The molecule has 0 amide bonds. The van der Waals surface area contributed by atoms with E-state index in [9.17, 15) is 4.79 Å². The number of hydrogen-bond donors (Lipinski definition) is 2. The van der Waals surface area contributed by atoms with Gasteiger partial charge in [0.2, 0.25) is 0 Å². The van der Waals surface area contributed by atoms with Crippen LogP contribution in [-0.2, 0) is 0 Å². The van der Waals surface area contributed by atoms with Crippen molar-refractivity contribution in [1.82, 2.24) is 4.98 Å².